The smallest absolute Gasteiger partial charge is 0.257 e. The Balaban J connectivity index is 1.83. The predicted octanol–water partition coefficient (Wildman–Crippen LogP) is 3.87. The van der Waals surface area contributed by atoms with Crippen molar-refractivity contribution in [1.82, 2.24) is 10.2 Å². The van der Waals surface area contributed by atoms with E-state index >= 15 is 0 Å². The van der Waals surface area contributed by atoms with Crippen LogP contribution in [0.25, 0.3) is 0 Å². The molecular weight excluding hydrogens is 398 g/mol. The summed E-state index contributed by atoms with van der Waals surface area (Å²) in [6.07, 6.45) is 1.14. The molecule has 2 rings (SSSR count). The van der Waals surface area contributed by atoms with Crippen LogP contribution in [0.2, 0.25) is 0 Å². The second kappa shape index (κ2) is 11.3. The van der Waals surface area contributed by atoms with Crippen LogP contribution >= 0.6 is 12.2 Å². The zero-order chi connectivity index (χ0) is 22.1. The van der Waals surface area contributed by atoms with Crippen molar-refractivity contribution in [3.63, 3.8) is 0 Å². The molecule has 0 bridgehead atoms. The van der Waals surface area contributed by atoms with Crippen LogP contribution < -0.4 is 15.4 Å². The van der Waals surface area contributed by atoms with E-state index in [4.69, 9.17) is 17.0 Å². The molecule has 2 N–H and O–H groups in total. The second-order valence-electron chi connectivity index (χ2n) is 7.62. The van der Waals surface area contributed by atoms with Crippen molar-refractivity contribution >= 4 is 34.8 Å². The lowest BCUT2D eigenvalue weighted by Crippen LogP contribution is -2.34. The van der Waals surface area contributed by atoms with Gasteiger partial charge in [-0.25, -0.2) is 0 Å². The van der Waals surface area contributed by atoms with Crippen LogP contribution in [-0.2, 0) is 11.2 Å². The van der Waals surface area contributed by atoms with Crippen molar-refractivity contribution in [2.75, 3.05) is 26.0 Å². The molecule has 0 saturated carbocycles. The van der Waals surface area contributed by atoms with Gasteiger partial charge in [0.1, 0.15) is 5.75 Å². The Morgan fingerprint density at radius 2 is 1.67 bits per heavy atom. The van der Waals surface area contributed by atoms with Crippen LogP contribution in [0.1, 0.15) is 36.2 Å². The van der Waals surface area contributed by atoms with Crippen molar-refractivity contribution in [2.45, 2.75) is 26.7 Å². The van der Waals surface area contributed by atoms with E-state index < -0.39 is 0 Å². The summed E-state index contributed by atoms with van der Waals surface area (Å²) in [7, 11) is 3.50. The van der Waals surface area contributed by atoms with E-state index in [-0.39, 0.29) is 16.9 Å². The number of amides is 2. The van der Waals surface area contributed by atoms with Gasteiger partial charge in [0.25, 0.3) is 5.91 Å². The lowest BCUT2D eigenvalue weighted by atomic mass is 10.1. The van der Waals surface area contributed by atoms with Crippen molar-refractivity contribution in [2.24, 2.45) is 5.92 Å². The summed E-state index contributed by atoms with van der Waals surface area (Å²) < 4.78 is 5.62. The average Bonchev–Trinajstić information content (AvgIpc) is 2.71. The zero-order valence-electron chi connectivity index (χ0n) is 17.9. The third-order valence-corrected chi connectivity index (χ3v) is 4.47. The summed E-state index contributed by atoms with van der Waals surface area (Å²) in [6.45, 7) is 4.79. The third-order valence-electron chi connectivity index (χ3n) is 4.27. The van der Waals surface area contributed by atoms with Gasteiger partial charge >= 0.3 is 0 Å². The molecule has 160 valence electrons. The molecular formula is C23H29N3O3S. The summed E-state index contributed by atoms with van der Waals surface area (Å²) in [6, 6.07) is 14.6. The van der Waals surface area contributed by atoms with Crippen LogP contribution in [0.15, 0.2) is 48.5 Å². The summed E-state index contributed by atoms with van der Waals surface area (Å²) >= 11 is 5.24. The van der Waals surface area contributed by atoms with Gasteiger partial charge in [-0.15, -0.1) is 0 Å². The summed E-state index contributed by atoms with van der Waals surface area (Å²) in [5.41, 5.74) is 2.32. The fourth-order valence-electron chi connectivity index (χ4n) is 2.53. The number of aryl methyl sites for hydroxylation is 1. The Kier molecular flexibility index (Phi) is 8.80. The first-order valence-corrected chi connectivity index (χ1v) is 10.3. The molecule has 0 heterocycles. The van der Waals surface area contributed by atoms with Gasteiger partial charge in [-0.1, -0.05) is 26.0 Å². The molecule has 0 aliphatic heterocycles. The molecule has 0 aromatic heterocycles. The lowest BCUT2D eigenvalue weighted by Gasteiger charge is -2.12. The monoisotopic (exact) mass is 427 g/mol. The molecule has 0 fully saturated rings. The molecule has 0 aliphatic carbocycles. The molecule has 0 spiro atoms. The SMILES string of the molecule is CC(C)COc1ccc(C(=O)NC(=S)Nc2ccc(CCC(=O)N(C)C)cc2)cc1. The number of benzene rings is 2. The maximum Gasteiger partial charge on any atom is 0.257 e. The third kappa shape index (κ3) is 7.83. The molecule has 0 atom stereocenters. The number of carbonyl (C=O) groups excluding carboxylic acids is 2. The molecule has 0 unspecified atom stereocenters. The number of hydrogen-bond donors (Lipinski definition) is 2. The van der Waals surface area contributed by atoms with Crippen molar-refractivity contribution < 1.29 is 14.3 Å². The number of nitrogens with zero attached hydrogens (tertiary/aromatic N) is 1. The number of rotatable bonds is 8. The molecule has 0 radical (unpaired) electrons. The number of thiocarbonyl (C=S) groups is 1. The van der Waals surface area contributed by atoms with E-state index in [2.05, 4.69) is 24.5 Å². The van der Waals surface area contributed by atoms with E-state index in [1.807, 2.05) is 24.3 Å². The van der Waals surface area contributed by atoms with E-state index in [1.54, 1.807) is 43.3 Å². The molecule has 7 heteroatoms. The zero-order valence-corrected chi connectivity index (χ0v) is 18.7. The normalized spacial score (nSPS) is 10.4. The predicted molar refractivity (Wildman–Crippen MR) is 124 cm³/mol. The molecule has 2 amide bonds. The van der Waals surface area contributed by atoms with E-state index in [9.17, 15) is 9.59 Å². The first kappa shape index (κ1) is 23.3. The number of ether oxygens (including phenoxy) is 1. The molecule has 30 heavy (non-hydrogen) atoms. The average molecular weight is 428 g/mol. The quantitative estimate of drug-likeness (QED) is 0.626. The number of nitrogens with one attached hydrogen (secondary N) is 2. The highest BCUT2D eigenvalue weighted by atomic mass is 32.1. The number of anilines is 1. The van der Waals surface area contributed by atoms with Gasteiger partial charge in [0.2, 0.25) is 5.91 Å². The van der Waals surface area contributed by atoms with Crippen LogP contribution in [0.3, 0.4) is 0 Å². The van der Waals surface area contributed by atoms with E-state index in [0.29, 0.717) is 30.9 Å². The Morgan fingerprint density at radius 3 is 2.23 bits per heavy atom. The summed E-state index contributed by atoms with van der Waals surface area (Å²) in [5.74, 6) is 0.974. The highest BCUT2D eigenvalue weighted by Gasteiger charge is 2.09. The molecule has 6 nitrogen and oxygen atoms in total. The minimum atomic E-state index is -0.290. The molecule has 0 saturated heterocycles. The Morgan fingerprint density at radius 1 is 1.03 bits per heavy atom. The van der Waals surface area contributed by atoms with Crippen LogP contribution in [0.5, 0.6) is 5.75 Å². The highest BCUT2D eigenvalue weighted by Crippen LogP contribution is 2.14. The first-order chi connectivity index (χ1) is 14.2. The Labute approximate surface area is 183 Å². The number of hydrogen-bond acceptors (Lipinski definition) is 4. The van der Waals surface area contributed by atoms with Crippen molar-refractivity contribution in [3.05, 3.63) is 59.7 Å². The van der Waals surface area contributed by atoms with Crippen molar-refractivity contribution in [3.8, 4) is 5.75 Å². The van der Waals surface area contributed by atoms with Crippen LogP contribution in [-0.4, -0.2) is 42.5 Å². The standard InChI is InChI=1S/C23H29N3O3S/c1-16(2)15-29-20-12-8-18(9-13-20)22(28)25-23(30)24-19-10-5-17(6-11-19)7-14-21(27)26(3)4/h5-6,8-13,16H,7,14-15H2,1-4H3,(H2,24,25,28,30). The van der Waals surface area contributed by atoms with Gasteiger partial charge in [0, 0.05) is 31.8 Å². The van der Waals surface area contributed by atoms with Gasteiger partial charge in [-0.05, 0) is 66.5 Å². The highest BCUT2D eigenvalue weighted by molar-refractivity contribution is 7.80. The maximum atomic E-state index is 12.4. The van der Waals surface area contributed by atoms with Gasteiger partial charge < -0.3 is 15.0 Å². The minimum absolute atomic E-state index is 0.0978. The molecule has 2 aromatic rings. The van der Waals surface area contributed by atoms with Crippen LogP contribution in [0, 0.1) is 5.92 Å². The minimum Gasteiger partial charge on any atom is -0.493 e. The fraction of sp³-hybridized carbons (Fsp3) is 0.348. The first-order valence-electron chi connectivity index (χ1n) is 9.89. The summed E-state index contributed by atoms with van der Waals surface area (Å²) in [5, 5.41) is 5.89. The van der Waals surface area contributed by atoms with E-state index in [1.165, 1.54) is 0 Å². The fourth-order valence-corrected chi connectivity index (χ4v) is 2.74. The summed E-state index contributed by atoms with van der Waals surface area (Å²) in [4.78, 5) is 25.6. The molecule has 2 aromatic carbocycles. The van der Waals surface area contributed by atoms with Crippen molar-refractivity contribution in [1.29, 1.82) is 0 Å². The maximum absolute atomic E-state index is 12.4. The van der Waals surface area contributed by atoms with Gasteiger partial charge in [-0.2, -0.15) is 0 Å². The Bertz CT molecular complexity index is 862. The molecule has 0 aliphatic rings. The topological polar surface area (TPSA) is 70.7 Å². The lowest BCUT2D eigenvalue weighted by molar-refractivity contribution is -0.128. The van der Waals surface area contributed by atoms with Gasteiger partial charge in [0.15, 0.2) is 5.11 Å². The second-order valence-corrected chi connectivity index (χ2v) is 8.03. The van der Waals surface area contributed by atoms with Gasteiger partial charge in [0.05, 0.1) is 6.61 Å². The Hall–Kier alpha value is -2.93. The van der Waals surface area contributed by atoms with Crippen LogP contribution in [0.4, 0.5) is 5.69 Å². The van der Waals surface area contributed by atoms with Gasteiger partial charge in [-0.3, -0.25) is 14.9 Å². The number of carbonyl (C=O) groups is 2. The van der Waals surface area contributed by atoms with E-state index in [0.717, 1.165) is 17.0 Å². The largest absolute Gasteiger partial charge is 0.493 e.